The van der Waals surface area contributed by atoms with E-state index in [-0.39, 0.29) is 11.8 Å². The van der Waals surface area contributed by atoms with Crippen molar-refractivity contribution in [3.05, 3.63) is 41.8 Å². The summed E-state index contributed by atoms with van der Waals surface area (Å²) in [6, 6.07) is 7.47. The number of amides is 1. The molecule has 7 nitrogen and oxygen atoms in total. The quantitative estimate of drug-likeness (QED) is 0.836. The molecule has 0 saturated carbocycles. The fourth-order valence-corrected chi connectivity index (χ4v) is 2.51. The van der Waals surface area contributed by atoms with Crippen molar-refractivity contribution in [1.82, 2.24) is 10.2 Å². The highest BCUT2D eigenvalue weighted by molar-refractivity contribution is 6.02. The van der Waals surface area contributed by atoms with Gasteiger partial charge in [-0.05, 0) is 37.1 Å². The fraction of sp³-hybridized carbons (Fsp3) is 0.353. The first kappa shape index (κ1) is 17.1. The molecule has 2 N–H and O–H groups in total. The van der Waals surface area contributed by atoms with Crippen LogP contribution in [-0.2, 0) is 4.74 Å². The number of nitrogens with zero attached hydrogens (tertiary/aromatic N) is 2. The third-order valence-electron chi connectivity index (χ3n) is 3.85. The van der Waals surface area contributed by atoms with E-state index in [0.717, 1.165) is 19.4 Å². The number of methoxy groups -OCH3 is 1. The molecule has 0 radical (unpaired) electrons. The second-order valence-electron chi connectivity index (χ2n) is 5.63. The number of hydrogen-bond acceptors (Lipinski definition) is 6. The lowest BCUT2D eigenvalue weighted by Gasteiger charge is -2.13. The second-order valence-corrected chi connectivity index (χ2v) is 5.63. The molecular weight excluding hydrogens is 327 g/mol. The van der Waals surface area contributed by atoms with Gasteiger partial charge in [-0.2, -0.15) is 0 Å². The van der Waals surface area contributed by atoms with E-state index in [2.05, 4.69) is 20.8 Å². The van der Waals surface area contributed by atoms with Gasteiger partial charge < -0.3 is 20.1 Å². The number of anilines is 2. The number of carbonyl (C=O) groups excluding carboxylic acids is 1. The van der Waals surface area contributed by atoms with Gasteiger partial charge in [0.05, 0.1) is 18.9 Å². The van der Waals surface area contributed by atoms with Gasteiger partial charge in [-0.25, -0.2) is 4.39 Å². The molecule has 1 unspecified atom stereocenters. The van der Waals surface area contributed by atoms with Gasteiger partial charge in [-0.1, -0.05) is 0 Å². The highest BCUT2D eigenvalue weighted by Crippen LogP contribution is 2.21. The van der Waals surface area contributed by atoms with Crippen molar-refractivity contribution in [2.75, 3.05) is 30.9 Å². The van der Waals surface area contributed by atoms with Gasteiger partial charge in [0.2, 0.25) is 5.88 Å². The smallest absolute Gasteiger partial charge is 0.276 e. The molecule has 2 heterocycles. The molecule has 3 rings (SSSR count). The van der Waals surface area contributed by atoms with Crippen molar-refractivity contribution < 1.29 is 18.7 Å². The normalized spacial score (nSPS) is 16.5. The molecule has 2 aromatic rings. The van der Waals surface area contributed by atoms with Crippen LogP contribution in [0.5, 0.6) is 5.88 Å². The lowest BCUT2D eigenvalue weighted by molar-refractivity contribution is 0.102. The Kier molecular flexibility index (Phi) is 5.39. The Bertz CT molecular complexity index is 733. The zero-order valence-corrected chi connectivity index (χ0v) is 13.8. The van der Waals surface area contributed by atoms with Crippen molar-refractivity contribution >= 4 is 17.3 Å². The van der Waals surface area contributed by atoms with Crippen LogP contribution in [0.2, 0.25) is 0 Å². The Morgan fingerprint density at radius 3 is 2.88 bits per heavy atom. The molecule has 25 heavy (non-hydrogen) atoms. The number of rotatable bonds is 6. The van der Waals surface area contributed by atoms with Gasteiger partial charge in [-0.15, -0.1) is 10.2 Å². The third kappa shape index (κ3) is 4.42. The van der Waals surface area contributed by atoms with Crippen LogP contribution in [-0.4, -0.2) is 42.5 Å². The maximum Gasteiger partial charge on any atom is 0.276 e. The van der Waals surface area contributed by atoms with Gasteiger partial charge in [0.15, 0.2) is 5.69 Å². The van der Waals surface area contributed by atoms with Crippen LogP contribution in [0.4, 0.5) is 15.8 Å². The molecule has 1 aliphatic rings. The number of benzene rings is 1. The van der Waals surface area contributed by atoms with Gasteiger partial charge in [0.1, 0.15) is 5.82 Å². The minimum atomic E-state index is -0.477. The zero-order valence-electron chi connectivity index (χ0n) is 13.8. The summed E-state index contributed by atoms with van der Waals surface area (Å²) < 4.78 is 24.6. The molecule has 0 spiro atoms. The molecule has 1 aromatic carbocycles. The fourth-order valence-electron chi connectivity index (χ4n) is 2.51. The van der Waals surface area contributed by atoms with E-state index in [0.29, 0.717) is 23.8 Å². The molecule has 8 heteroatoms. The average Bonchev–Trinajstić information content (AvgIpc) is 3.14. The molecule has 1 amide bonds. The Morgan fingerprint density at radius 1 is 1.36 bits per heavy atom. The zero-order chi connectivity index (χ0) is 17.6. The summed E-state index contributed by atoms with van der Waals surface area (Å²) in [5.74, 6) is -0.615. The van der Waals surface area contributed by atoms with E-state index >= 15 is 0 Å². The van der Waals surface area contributed by atoms with Gasteiger partial charge in [-0.3, -0.25) is 4.79 Å². The van der Waals surface area contributed by atoms with Crippen LogP contribution in [0, 0.1) is 5.82 Å². The van der Waals surface area contributed by atoms with Crippen LogP contribution in [0.3, 0.4) is 0 Å². The lowest BCUT2D eigenvalue weighted by Crippen LogP contribution is -2.19. The van der Waals surface area contributed by atoms with Gasteiger partial charge in [0, 0.05) is 24.9 Å². The molecule has 1 aliphatic heterocycles. The summed E-state index contributed by atoms with van der Waals surface area (Å²) in [5, 5.41) is 13.1. The van der Waals surface area contributed by atoms with E-state index in [4.69, 9.17) is 9.47 Å². The number of carbonyl (C=O) groups is 1. The van der Waals surface area contributed by atoms with Crippen LogP contribution in [0.25, 0.3) is 0 Å². The van der Waals surface area contributed by atoms with E-state index in [9.17, 15) is 9.18 Å². The van der Waals surface area contributed by atoms with Crippen molar-refractivity contribution in [1.29, 1.82) is 0 Å². The van der Waals surface area contributed by atoms with Gasteiger partial charge >= 0.3 is 0 Å². The van der Waals surface area contributed by atoms with E-state index in [1.54, 1.807) is 12.1 Å². The largest absolute Gasteiger partial charge is 0.480 e. The van der Waals surface area contributed by atoms with Crippen molar-refractivity contribution in [2.45, 2.75) is 18.9 Å². The van der Waals surface area contributed by atoms with Crippen LogP contribution in [0.1, 0.15) is 23.3 Å². The number of nitrogens with one attached hydrogen (secondary N) is 2. The van der Waals surface area contributed by atoms with Gasteiger partial charge in [0.25, 0.3) is 5.91 Å². The maximum atomic E-state index is 14.2. The highest BCUT2D eigenvalue weighted by Gasteiger charge is 2.16. The first-order chi connectivity index (χ1) is 12.2. The topological polar surface area (TPSA) is 85.4 Å². The van der Waals surface area contributed by atoms with E-state index < -0.39 is 11.7 Å². The molecule has 1 fully saturated rings. The molecule has 132 valence electrons. The predicted molar refractivity (Wildman–Crippen MR) is 90.4 cm³/mol. The Hall–Kier alpha value is -2.74. The second kappa shape index (κ2) is 7.89. The van der Waals surface area contributed by atoms with E-state index in [1.807, 2.05) is 0 Å². The lowest BCUT2D eigenvalue weighted by atomic mass is 10.2. The Balaban J connectivity index is 1.60. The predicted octanol–water partition coefficient (Wildman–Crippen LogP) is 2.47. The monoisotopic (exact) mass is 346 g/mol. The van der Waals surface area contributed by atoms with Crippen LogP contribution in [0.15, 0.2) is 30.3 Å². The van der Waals surface area contributed by atoms with Crippen LogP contribution >= 0.6 is 0 Å². The van der Waals surface area contributed by atoms with Crippen molar-refractivity contribution in [2.24, 2.45) is 0 Å². The highest BCUT2D eigenvalue weighted by atomic mass is 19.1. The standard InChI is InChI=1S/C17H19FN4O3/c1-24-16-7-6-15(21-22-16)17(23)20-11-4-5-14(13(18)9-11)19-10-12-3-2-8-25-12/h4-7,9,12,19H,2-3,8,10H2,1H3,(H,20,23). The van der Waals surface area contributed by atoms with Crippen molar-refractivity contribution in [3.8, 4) is 5.88 Å². The summed E-state index contributed by atoms with van der Waals surface area (Å²) in [6.07, 6.45) is 2.13. The summed E-state index contributed by atoms with van der Waals surface area (Å²) >= 11 is 0. The molecule has 1 saturated heterocycles. The molecular formula is C17H19FN4O3. The molecule has 0 aliphatic carbocycles. The molecule has 1 atom stereocenters. The minimum Gasteiger partial charge on any atom is -0.480 e. The minimum absolute atomic E-state index is 0.113. The SMILES string of the molecule is COc1ccc(C(=O)Nc2ccc(NCC3CCCO3)c(F)c2)nn1. The Morgan fingerprint density at radius 2 is 2.24 bits per heavy atom. The summed E-state index contributed by atoms with van der Waals surface area (Å²) in [5.41, 5.74) is 0.822. The van der Waals surface area contributed by atoms with E-state index in [1.165, 1.54) is 25.3 Å². The summed E-state index contributed by atoms with van der Waals surface area (Å²) in [7, 11) is 1.46. The first-order valence-electron chi connectivity index (χ1n) is 8.00. The number of halogens is 1. The maximum absolute atomic E-state index is 14.2. The molecule has 0 bridgehead atoms. The average molecular weight is 346 g/mol. The summed E-state index contributed by atoms with van der Waals surface area (Å²) in [4.78, 5) is 12.1. The molecule has 1 aromatic heterocycles. The number of aromatic nitrogens is 2. The number of hydrogen-bond donors (Lipinski definition) is 2. The van der Waals surface area contributed by atoms with Crippen molar-refractivity contribution in [3.63, 3.8) is 0 Å². The summed E-state index contributed by atoms with van der Waals surface area (Å²) in [6.45, 7) is 1.32. The number of ether oxygens (including phenoxy) is 2. The Labute approximate surface area is 144 Å². The first-order valence-corrected chi connectivity index (χ1v) is 8.00. The third-order valence-corrected chi connectivity index (χ3v) is 3.85. The van der Waals surface area contributed by atoms with Crippen LogP contribution < -0.4 is 15.4 Å².